The van der Waals surface area contributed by atoms with Crippen LogP contribution < -0.4 is 10.0 Å². The van der Waals surface area contributed by atoms with Crippen LogP contribution in [0.25, 0.3) is 11.0 Å². The Kier molecular flexibility index (Phi) is 5.82. The number of benzene rings is 2. The molecule has 3 aromatic rings. The summed E-state index contributed by atoms with van der Waals surface area (Å²) >= 11 is 5.85. The Morgan fingerprint density at radius 3 is 2.15 bits per heavy atom. The van der Waals surface area contributed by atoms with E-state index in [1.54, 1.807) is 6.07 Å². The molecule has 0 atom stereocenters. The summed E-state index contributed by atoms with van der Waals surface area (Å²) in [6.07, 6.45) is 0.928. The molecule has 0 amide bonds. The Balaban J connectivity index is 1.96. The third-order valence-electron chi connectivity index (χ3n) is 3.94. The summed E-state index contributed by atoms with van der Waals surface area (Å²) in [5.41, 5.74) is 1.31. The minimum Gasteiger partial charge on any atom is -0.367 e. The van der Waals surface area contributed by atoms with Gasteiger partial charge in [0.1, 0.15) is 0 Å². The minimum atomic E-state index is -3.81. The lowest BCUT2D eigenvalue weighted by molar-refractivity contribution is 0.600. The maximum atomic E-state index is 12.7. The van der Waals surface area contributed by atoms with Crippen molar-refractivity contribution in [1.29, 1.82) is 0 Å². The summed E-state index contributed by atoms with van der Waals surface area (Å²) in [6, 6.07) is 13.3. The van der Waals surface area contributed by atoms with Crippen LogP contribution in [0.4, 0.5) is 11.6 Å². The highest BCUT2D eigenvalue weighted by atomic mass is 35.5. The highest BCUT2D eigenvalue weighted by molar-refractivity contribution is 7.92. The van der Waals surface area contributed by atoms with E-state index in [-0.39, 0.29) is 10.7 Å². The topological polar surface area (TPSA) is 84.0 Å². The van der Waals surface area contributed by atoms with E-state index in [0.29, 0.717) is 34.3 Å². The van der Waals surface area contributed by atoms with Crippen LogP contribution in [0, 0.1) is 5.92 Å². The fourth-order valence-corrected chi connectivity index (χ4v) is 3.61. The normalized spacial score (nSPS) is 11.7. The van der Waals surface area contributed by atoms with Gasteiger partial charge in [-0.3, -0.25) is 4.72 Å². The summed E-state index contributed by atoms with van der Waals surface area (Å²) in [5, 5.41) is 3.67. The Labute approximate surface area is 164 Å². The summed E-state index contributed by atoms with van der Waals surface area (Å²) in [6.45, 7) is 4.91. The second kappa shape index (κ2) is 8.10. The molecule has 2 aromatic carbocycles. The molecule has 1 heterocycles. The fourth-order valence-electron chi connectivity index (χ4n) is 2.47. The zero-order valence-electron chi connectivity index (χ0n) is 15.1. The van der Waals surface area contributed by atoms with Crippen molar-refractivity contribution in [2.24, 2.45) is 5.92 Å². The molecule has 1 aromatic heterocycles. The second-order valence-corrected chi connectivity index (χ2v) is 8.70. The summed E-state index contributed by atoms with van der Waals surface area (Å²) in [5.74, 6) is 1.10. The number of fused-ring (bicyclic) bond motifs is 1. The predicted octanol–water partition coefficient (Wildman–Crippen LogP) is 4.54. The van der Waals surface area contributed by atoms with Gasteiger partial charge in [-0.2, -0.15) is 0 Å². The van der Waals surface area contributed by atoms with Gasteiger partial charge in [0.2, 0.25) is 0 Å². The number of aromatic nitrogens is 2. The van der Waals surface area contributed by atoms with Crippen LogP contribution in [-0.4, -0.2) is 24.9 Å². The zero-order chi connectivity index (χ0) is 19.4. The van der Waals surface area contributed by atoms with Crippen molar-refractivity contribution < 1.29 is 8.42 Å². The minimum absolute atomic E-state index is 0.106. The molecule has 142 valence electrons. The first-order valence-corrected chi connectivity index (χ1v) is 10.5. The van der Waals surface area contributed by atoms with Gasteiger partial charge in [0.05, 0.1) is 15.9 Å². The van der Waals surface area contributed by atoms with Crippen LogP contribution in [-0.2, 0) is 10.0 Å². The van der Waals surface area contributed by atoms with Crippen molar-refractivity contribution in [3.8, 4) is 0 Å². The highest BCUT2D eigenvalue weighted by Gasteiger charge is 2.18. The van der Waals surface area contributed by atoms with E-state index < -0.39 is 10.0 Å². The zero-order valence-corrected chi connectivity index (χ0v) is 16.7. The summed E-state index contributed by atoms with van der Waals surface area (Å²) in [4.78, 5) is 9.11. The number of nitrogens with one attached hydrogen (secondary N) is 2. The first-order chi connectivity index (χ1) is 12.8. The molecule has 0 spiro atoms. The number of hydrogen-bond donors (Lipinski definition) is 2. The average Bonchev–Trinajstić information content (AvgIpc) is 2.62. The van der Waals surface area contributed by atoms with E-state index in [2.05, 4.69) is 33.9 Å². The lowest BCUT2D eigenvalue weighted by Crippen LogP contribution is -2.17. The molecule has 27 heavy (non-hydrogen) atoms. The Hall–Kier alpha value is -2.38. The number of nitrogens with zero attached hydrogens (tertiary/aromatic N) is 2. The predicted molar refractivity (Wildman–Crippen MR) is 110 cm³/mol. The molecule has 0 saturated heterocycles. The van der Waals surface area contributed by atoms with Gasteiger partial charge in [0.15, 0.2) is 11.6 Å². The molecule has 8 heteroatoms. The van der Waals surface area contributed by atoms with Crippen LogP contribution in [0.5, 0.6) is 0 Å². The van der Waals surface area contributed by atoms with Gasteiger partial charge in [-0.1, -0.05) is 37.6 Å². The van der Waals surface area contributed by atoms with E-state index in [4.69, 9.17) is 11.6 Å². The van der Waals surface area contributed by atoms with Crippen LogP contribution in [0.15, 0.2) is 53.4 Å². The standard InChI is InChI=1S/C19H21ClN4O2S/c1-13(2)11-12-21-18-19(23-17-6-4-3-5-16(17)22-18)24-27(25,26)15-9-7-14(20)8-10-15/h3-10,13H,11-12H2,1-2H3,(H,21,22)(H,23,24). The van der Waals surface area contributed by atoms with Gasteiger partial charge in [-0.05, 0) is 48.7 Å². The summed E-state index contributed by atoms with van der Waals surface area (Å²) in [7, 11) is -3.81. The maximum absolute atomic E-state index is 12.7. The van der Waals surface area contributed by atoms with Crippen LogP contribution in [0.1, 0.15) is 20.3 Å². The van der Waals surface area contributed by atoms with Crippen molar-refractivity contribution >= 4 is 44.3 Å². The Bertz CT molecular complexity index is 1040. The molecule has 6 nitrogen and oxygen atoms in total. The van der Waals surface area contributed by atoms with Crippen molar-refractivity contribution in [3.05, 3.63) is 53.6 Å². The number of rotatable bonds is 7. The van der Waals surface area contributed by atoms with E-state index >= 15 is 0 Å². The van der Waals surface area contributed by atoms with Crippen LogP contribution in [0.2, 0.25) is 5.02 Å². The number of halogens is 1. The number of sulfonamides is 1. The third kappa shape index (κ3) is 4.87. The second-order valence-electron chi connectivity index (χ2n) is 6.58. The largest absolute Gasteiger partial charge is 0.367 e. The number of anilines is 2. The molecule has 0 fully saturated rings. The number of hydrogen-bond acceptors (Lipinski definition) is 5. The van der Waals surface area contributed by atoms with Crippen molar-refractivity contribution in [2.45, 2.75) is 25.2 Å². The van der Waals surface area contributed by atoms with Crippen molar-refractivity contribution in [1.82, 2.24) is 9.97 Å². The maximum Gasteiger partial charge on any atom is 0.263 e. The number of para-hydroxylation sites is 2. The lowest BCUT2D eigenvalue weighted by atomic mass is 10.1. The van der Waals surface area contributed by atoms with E-state index in [1.807, 2.05) is 18.2 Å². The van der Waals surface area contributed by atoms with Crippen LogP contribution in [0.3, 0.4) is 0 Å². The van der Waals surface area contributed by atoms with Gasteiger partial charge in [-0.15, -0.1) is 0 Å². The monoisotopic (exact) mass is 404 g/mol. The molecule has 0 aliphatic rings. The van der Waals surface area contributed by atoms with Gasteiger partial charge in [0, 0.05) is 11.6 Å². The van der Waals surface area contributed by atoms with E-state index in [1.165, 1.54) is 24.3 Å². The van der Waals surface area contributed by atoms with Crippen molar-refractivity contribution in [3.63, 3.8) is 0 Å². The molecule has 0 saturated carbocycles. The van der Waals surface area contributed by atoms with Gasteiger partial charge in [-0.25, -0.2) is 18.4 Å². The van der Waals surface area contributed by atoms with Crippen LogP contribution >= 0.6 is 11.6 Å². The lowest BCUT2D eigenvalue weighted by Gasteiger charge is -2.14. The smallest absolute Gasteiger partial charge is 0.263 e. The molecule has 0 radical (unpaired) electrons. The first-order valence-electron chi connectivity index (χ1n) is 8.64. The molecule has 0 unspecified atom stereocenters. The quantitative estimate of drug-likeness (QED) is 0.603. The Morgan fingerprint density at radius 2 is 1.56 bits per heavy atom. The Morgan fingerprint density at radius 1 is 0.963 bits per heavy atom. The summed E-state index contributed by atoms with van der Waals surface area (Å²) < 4.78 is 28.0. The molecule has 0 aliphatic carbocycles. The third-order valence-corrected chi connectivity index (χ3v) is 5.55. The van der Waals surface area contributed by atoms with Crippen molar-refractivity contribution in [2.75, 3.05) is 16.6 Å². The highest BCUT2D eigenvalue weighted by Crippen LogP contribution is 2.25. The SMILES string of the molecule is CC(C)CCNc1nc2ccccc2nc1NS(=O)(=O)c1ccc(Cl)cc1. The molecular weight excluding hydrogens is 384 g/mol. The molecule has 0 bridgehead atoms. The van der Waals surface area contributed by atoms with Gasteiger partial charge < -0.3 is 5.32 Å². The van der Waals surface area contributed by atoms with Gasteiger partial charge >= 0.3 is 0 Å². The molecule has 3 rings (SSSR count). The molecule has 2 N–H and O–H groups in total. The first kappa shape index (κ1) is 19.4. The molecular formula is C19H21ClN4O2S. The van der Waals surface area contributed by atoms with E-state index in [9.17, 15) is 8.42 Å². The van der Waals surface area contributed by atoms with Gasteiger partial charge in [0.25, 0.3) is 10.0 Å². The fraction of sp³-hybridized carbons (Fsp3) is 0.263. The van der Waals surface area contributed by atoms with E-state index in [0.717, 1.165) is 6.42 Å². The molecule has 0 aliphatic heterocycles. The average molecular weight is 405 g/mol.